The predicted octanol–water partition coefficient (Wildman–Crippen LogP) is 2.32. The van der Waals surface area contributed by atoms with Crippen molar-refractivity contribution in [1.82, 2.24) is 14.7 Å². The van der Waals surface area contributed by atoms with E-state index in [1.165, 1.54) is 18.2 Å². The van der Waals surface area contributed by atoms with Gasteiger partial charge in [0.1, 0.15) is 30.0 Å². The Morgan fingerprint density at radius 2 is 2.03 bits per heavy atom. The summed E-state index contributed by atoms with van der Waals surface area (Å²) in [6.07, 6.45) is 3.49. The van der Waals surface area contributed by atoms with Gasteiger partial charge in [-0.2, -0.15) is 0 Å². The maximum absolute atomic E-state index is 13.9. The summed E-state index contributed by atoms with van der Waals surface area (Å²) in [7, 11) is 0. The first-order valence-corrected chi connectivity index (χ1v) is 9.47. The van der Waals surface area contributed by atoms with Crippen molar-refractivity contribution < 1.29 is 18.3 Å². The van der Waals surface area contributed by atoms with Gasteiger partial charge in [-0.05, 0) is 37.6 Å². The predicted molar refractivity (Wildman–Crippen MR) is 108 cm³/mol. The third-order valence-electron chi connectivity index (χ3n) is 4.90. The van der Waals surface area contributed by atoms with E-state index in [1.54, 1.807) is 29.8 Å². The minimum Gasteiger partial charge on any atom is -0.485 e. The maximum atomic E-state index is 13.9. The van der Waals surface area contributed by atoms with Crippen LogP contribution in [0.1, 0.15) is 27.3 Å². The number of aryl methyl sites for hydroxylation is 2. The molecule has 9 heteroatoms. The summed E-state index contributed by atoms with van der Waals surface area (Å²) in [6, 6.07) is 5.06. The van der Waals surface area contributed by atoms with E-state index in [0.717, 1.165) is 5.56 Å². The molecule has 0 saturated heterocycles. The number of nitrogens with one attached hydrogen (secondary N) is 1. The number of rotatable bonds is 7. The summed E-state index contributed by atoms with van der Waals surface area (Å²) in [6.45, 7) is 3.51. The molecule has 30 heavy (non-hydrogen) atoms. The highest BCUT2D eigenvalue weighted by Gasteiger charge is 2.25. The van der Waals surface area contributed by atoms with Gasteiger partial charge >= 0.3 is 0 Å². The van der Waals surface area contributed by atoms with E-state index in [1.807, 2.05) is 6.92 Å². The second kappa shape index (κ2) is 7.83. The summed E-state index contributed by atoms with van der Waals surface area (Å²) in [4.78, 5) is 21.2. The van der Waals surface area contributed by atoms with Crippen LogP contribution in [0.25, 0.3) is 5.65 Å². The van der Waals surface area contributed by atoms with E-state index in [2.05, 4.69) is 15.3 Å². The molecule has 4 rings (SSSR count). The van der Waals surface area contributed by atoms with Crippen molar-refractivity contribution in [2.45, 2.75) is 32.5 Å². The first kappa shape index (κ1) is 20.0. The van der Waals surface area contributed by atoms with Crippen molar-refractivity contribution >= 4 is 17.8 Å². The first-order valence-electron chi connectivity index (χ1n) is 9.47. The molecule has 0 aliphatic carbocycles. The SMILES string of the molecule is Cc1cc(OCc2c(F)cccc2F)c2nc(C)c(C(=O)NCC(N)C3C=N3)n2c1. The molecule has 1 aliphatic rings. The number of imidazole rings is 1. The number of fused-ring (bicyclic) bond motifs is 1. The Morgan fingerprint density at radius 3 is 2.70 bits per heavy atom. The molecule has 7 nitrogen and oxygen atoms in total. The Labute approximate surface area is 171 Å². The van der Waals surface area contributed by atoms with Crippen LogP contribution in [0.3, 0.4) is 0 Å². The Kier molecular flexibility index (Phi) is 5.21. The van der Waals surface area contributed by atoms with Gasteiger partial charge in [0, 0.05) is 25.0 Å². The molecule has 3 aromatic rings. The third-order valence-corrected chi connectivity index (χ3v) is 4.90. The monoisotopic (exact) mass is 413 g/mol. The average molecular weight is 413 g/mol. The Hall–Kier alpha value is -3.33. The van der Waals surface area contributed by atoms with E-state index in [-0.39, 0.29) is 36.7 Å². The quantitative estimate of drug-likeness (QED) is 0.622. The largest absolute Gasteiger partial charge is 0.485 e. The number of halogens is 2. The molecule has 3 heterocycles. The zero-order valence-corrected chi connectivity index (χ0v) is 16.5. The molecule has 0 fully saturated rings. The van der Waals surface area contributed by atoms with Crippen LogP contribution in [0.5, 0.6) is 5.75 Å². The summed E-state index contributed by atoms with van der Waals surface area (Å²) in [5.74, 6) is -1.38. The van der Waals surface area contributed by atoms with E-state index in [4.69, 9.17) is 10.5 Å². The van der Waals surface area contributed by atoms with E-state index in [9.17, 15) is 13.6 Å². The van der Waals surface area contributed by atoms with Crippen molar-refractivity contribution in [3.63, 3.8) is 0 Å². The average Bonchev–Trinajstić information content (AvgIpc) is 3.48. The van der Waals surface area contributed by atoms with Crippen molar-refractivity contribution in [3.8, 4) is 5.75 Å². The number of carbonyl (C=O) groups is 1. The highest BCUT2D eigenvalue weighted by molar-refractivity contribution is 5.95. The van der Waals surface area contributed by atoms with Gasteiger partial charge < -0.3 is 15.8 Å². The Balaban J connectivity index is 1.60. The van der Waals surface area contributed by atoms with Crippen LogP contribution in [0.4, 0.5) is 8.78 Å². The van der Waals surface area contributed by atoms with Gasteiger partial charge in [-0.3, -0.25) is 14.2 Å². The van der Waals surface area contributed by atoms with E-state index in [0.29, 0.717) is 22.8 Å². The zero-order valence-electron chi connectivity index (χ0n) is 16.5. The molecule has 156 valence electrons. The number of hydrogen-bond acceptors (Lipinski definition) is 5. The Morgan fingerprint density at radius 1 is 1.33 bits per heavy atom. The first-order chi connectivity index (χ1) is 14.3. The molecule has 0 spiro atoms. The number of nitrogens with two attached hydrogens (primary N) is 1. The van der Waals surface area contributed by atoms with Gasteiger partial charge in [0.05, 0.1) is 11.3 Å². The van der Waals surface area contributed by atoms with Crippen molar-refractivity contribution in [1.29, 1.82) is 0 Å². The van der Waals surface area contributed by atoms with Gasteiger partial charge in [-0.25, -0.2) is 13.8 Å². The van der Waals surface area contributed by atoms with Crippen molar-refractivity contribution in [2.75, 3.05) is 6.54 Å². The Bertz CT molecular complexity index is 1130. The van der Waals surface area contributed by atoms with E-state index >= 15 is 0 Å². The number of hydrogen-bond donors (Lipinski definition) is 2. The molecular weight excluding hydrogens is 392 g/mol. The topological polar surface area (TPSA) is 94.0 Å². The number of nitrogens with zero attached hydrogens (tertiary/aromatic N) is 3. The van der Waals surface area contributed by atoms with Crippen molar-refractivity contribution in [3.05, 3.63) is 64.6 Å². The van der Waals surface area contributed by atoms with Crippen LogP contribution >= 0.6 is 0 Å². The summed E-state index contributed by atoms with van der Waals surface area (Å²) >= 11 is 0. The van der Waals surface area contributed by atoms with Gasteiger partial charge in [0.15, 0.2) is 11.4 Å². The lowest BCUT2D eigenvalue weighted by molar-refractivity contribution is 0.0944. The summed E-state index contributed by atoms with van der Waals surface area (Å²) in [5.41, 5.74) is 7.80. The zero-order chi connectivity index (χ0) is 21.4. The molecule has 0 radical (unpaired) electrons. The lowest BCUT2D eigenvalue weighted by atomic mass is 10.2. The molecule has 3 N–H and O–H groups in total. The molecule has 2 aromatic heterocycles. The minimum absolute atomic E-state index is 0.0189. The fraction of sp³-hybridized carbons (Fsp3) is 0.286. The number of pyridine rings is 1. The molecule has 1 aliphatic heterocycles. The number of carbonyl (C=O) groups excluding carboxylic acids is 1. The van der Waals surface area contributed by atoms with E-state index < -0.39 is 11.6 Å². The molecule has 0 saturated carbocycles. The number of amides is 1. The van der Waals surface area contributed by atoms with Gasteiger partial charge in [0.2, 0.25) is 0 Å². The highest BCUT2D eigenvalue weighted by Crippen LogP contribution is 2.26. The second-order valence-electron chi connectivity index (χ2n) is 7.27. The van der Waals surface area contributed by atoms with Gasteiger partial charge in [-0.15, -0.1) is 0 Å². The lowest BCUT2D eigenvalue weighted by Gasteiger charge is -2.12. The fourth-order valence-corrected chi connectivity index (χ4v) is 3.24. The molecular formula is C21H21F2N5O2. The molecule has 2 unspecified atom stereocenters. The second-order valence-corrected chi connectivity index (χ2v) is 7.27. The minimum atomic E-state index is -0.686. The smallest absolute Gasteiger partial charge is 0.270 e. The number of ether oxygens (including phenoxy) is 1. The lowest BCUT2D eigenvalue weighted by Crippen LogP contribution is -2.41. The molecule has 2 atom stereocenters. The molecule has 1 aromatic carbocycles. The van der Waals surface area contributed by atoms with Gasteiger partial charge in [-0.1, -0.05) is 6.07 Å². The van der Waals surface area contributed by atoms with Crippen LogP contribution in [0.15, 0.2) is 35.5 Å². The number of aliphatic imine (C=N–C) groups is 1. The molecule has 1 amide bonds. The molecule has 0 bridgehead atoms. The standard InChI is InChI=1S/C21H21F2N5O2/c1-11-6-18(30-10-13-14(22)4-3-5-15(13)23)20-27-12(2)19(28(20)9-11)21(29)26-7-16(24)17-8-25-17/h3-6,8-9,16-17H,7,10,24H2,1-2H3,(H,26,29). The summed E-state index contributed by atoms with van der Waals surface area (Å²) in [5, 5.41) is 2.81. The van der Waals surface area contributed by atoms with Crippen LogP contribution in [-0.2, 0) is 6.61 Å². The van der Waals surface area contributed by atoms with Crippen LogP contribution in [0.2, 0.25) is 0 Å². The fourth-order valence-electron chi connectivity index (χ4n) is 3.24. The van der Waals surface area contributed by atoms with Crippen LogP contribution in [0, 0.1) is 25.5 Å². The summed E-state index contributed by atoms with van der Waals surface area (Å²) < 4.78 is 35.2. The number of aromatic nitrogens is 2. The maximum Gasteiger partial charge on any atom is 0.270 e. The van der Waals surface area contributed by atoms with Gasteiger partial charge in [0.25, 0.3) is 5.91 Å². The van der Waals surface area contributed by atoms with Crippen molar-refractivity contribution in [2.24, 2.45) is 10.7 Å². The third kappa shape index (κ3) is 3.88. The highest BCUT2D eigenvalue weighted by atomic mass is 19.1. The van der Waals surface area contributed by atoms with Crippen LogP contribution < -0.4 is 15.8 Å². The van der Waals surface area contributed by atoms with Crippen LogP contribution in [-0.4, -0.2) is 40.1 Å². The normalized spacial score (nSPS) is 16.0. The number of benzene rings is 1.